The highest BCUT2D eigenvalue weighted by Crippen LogP contribution is 2.34. The zero-order chi connectivity index (χ0) is 14.4. The van der Waals surface area contributed by atoms with E-state index in [4.69, 9.17) is 43.6 Å². The van der Waals surface area contributed by atoms with Crippen LogP contribution in [0.2, 0.25) is 10.0 Å². The van der Waals surface area contributed by atoms with Gasteiger partial charge >= 0.3 is 5.97 Å². The van der Waals surface area contributed by atoms with E-state index < -0.39 is 12.6 Å². The molecule has 0 aromatic heterocycles. The lowest BCUT2D eigenvalue weighted by Crippen LogP contribution is -2.10. The number of rotatable bonds is 4. The summed E-state index contributed by atoms with van der Waals surface area (Å²) in [6.45, 7) is -0.573. The number of allylic oxidation sites excluding steroid dienone is 1. The molecule has 0 atom stereocenters. The number of aliphatic carboxylic acids is 1. The largest absolute Gasteiger partial charge is 0.479 e. The van der Waals surface area contributed by atoms with E-state index in [2.05, 4.69) is 0 Å². The van der Waals surface area contributed by atoms with Crippen LogP contribution in [0.4, 0.5) is 0 Å². The first-order chi connectivity index (χ1) is 8.97. The lowest BCUT2D eigenvalue weighted by molar-refractivity contribution is -0.139. The van der Waals surface area contributed by atoms with E-state index in [9.17, 15) is 4.79 Å². The van der Waals surface area contributed by atoms with Crippen molar-refractivity contribution in [3.05, 3.63) is 33.3 Å². The summed E-state index contributed by atoms with van der Waals surface area (Å²) in [5, 5.41) is 25.9. The normalized spacial score (nSPS) is 9.05. The van der Waals surface area contributed by atoms with E-state index in [1.165, 1.54) is 18.2 Å². The molecule has 0 amide bonds. The summed E-state index contributed by atoms with van der Waals surface area (Å²) in [5.41, 5.74) is 0.335. The average Bonchev–Trinajstić information content (AvgIpc) is 2.34. The summed E-state index contributed by atoms with van der Waals surface area (Å²) in [5.74, 6) is -1.12. The Labute approximate surface area is 118 Å². The maximum absolute atomic E-state index is 10.4. The van der Waals surface area contributed by atoms with Crippen molar-refractivity contribution in [2.24, 2.45) is 0 Å². The maximum atomic E-state index is 10.4. The van der Waals surface area contributed by atoms with Gasteiger partial charge in [-0.15, -0.1) is 0 Å². The molecule has 0 fully saturated rings. The Morgan fingerprint density at radius 1 is 1.32 bits per heavy atom. The van der Waals surface area contributed by atoms with Gasteiger partial charge in [0.1, 0.15) is 17.7 Å². The zero-order valence-electron chi connectivity index (χ0n) is 9.35. The van der Waals surface area contributed by atoms with Crippen molar-refractivity contribution in [3.63, 3.8) is 0 Å². The third-order valence-corrected chi connectivity index (χ3v) is 2.47. The smallest absolute Gasteiger partial charge is 0.341 e. The highest BCUT2D eigenvalue weighted by molar-refractivity contribution is 6.37. The predicted molar refractivity (Wildman–Crippen MR) is 68.8 cm³/mol. The van der Waals surface area contributed by atoms with Crippen molar-refractivity contribution in [3.8, 4) is 17.9 Å². The molecule has 0 unspecified atom stereocenters. The number of benzene rings is 1. The fraction of sp³-hybridized carbons (Fsp3) is 0.0833. The molecule has 1 N–H and O–H groups in total. The molecule has 1 rings (SSSR count). The topological polar surface area (TPSA) is 94.1 Å². The van der Waals surface area contributed by atoms with Gasteiger partial charge in [0, 0.05) is 0 Å². The molecule has 5 nitrogen and oxygen atoms in total. The van der Waals surface area contributed by atoms with Gasteiger partial charge in [-0.2, -0.15) is 10.5 Å². The van der Waals surface area contributed by atoms with Crippen LogP contribution >= 0.6 is 23.2 Å². The van der Waals surface area contributed by atoms with Crippen molar-refractivity contribution in [1.82, 2.24) is 0 Å². The predicted octanol–water partition coefficient (Wildman–Crippen LogP) is 2.89. The van der Waals surface area contributed by atoms with Crippen LogP contribution in [-0.2, 0) is 4.79 Å². The zero-order valence-corrected chi connectivity index (χ0v) is 10.9. The number of nitrogens with zero attached hydrogens (tertiary/aromatic N) is 2. The Hall–Kier alpha value is -2.21. The van der Waals surface area contributed by atoms with Crippen molar-refractivity contribution >= 4 is 35.2 Å². The first-order valence-corrected chi connectivity index (χ1v) is 5.59. The Morgan fingerprint density at radius 2 is 1.84 bits per heavy atom. The highest BCUT2D eigenvalue weighted by atomic mass is 35.5. The Balaban J connectivity index is 3.11. The second-order valence-corrected chi connectivity index (χ2v) is 4.09. The Kier molecular flexibility index (Phi) is 5.20. The molecule has 19 heavy (non-hydrogen) atoms. The van der Waals surface area contributed by atoms with Crippen LogP contribution in [0.25, 0.3) is 6.08 Å². The molecule has 1 aromatic carbocycles. The van der Waals surface area contributed by atoms with Gasteiger partial charge in [-0.3, -0.25) is 0 Å². The maximum Gasteiger partial charge on any atom is 0.341 e. The third-order valence-electron chi connectivity index (χ3n) is 1.91. The monoisotopic (exact) mass is 296 g/mol. The standard InChI is InChI=1S/C12H6Cl2N2O3/c13-9-2-7(1-8(4-15)5-16)3-10(14)12(9)19-6-11(17)18/h1-3H,6H2,(H,17,18). The average molecular weight is 297 g/mol. The first kappa shape index (κ1) is 14.8. The minimum atomic E-state index is -1.16. The number of hydrogen-bond donors (Lipinski definition) is 1. The minimum Gasteiger partial charge on any atom is -0.479 e. The number of carboxylic acid groups (broad SMARTS) is 1. The van der Waals surface area contributed by atoms with E-state index >= 15 is 0 Å². The number of ether oxygens (including phenoxy) is 1. The van der Waals surface area contributed by atoms with Gasteiger partial charge in [0.15, 0.2) is 12.4 Å². The molecule has 0 spiro atoms. The van der Waals surface area contributed by atoms with Crippen LogP contribution in [-0.4, -0.2) is 17.7 Å². The molecular weight excluding hydrogens is 291 g/mol. The summed E-state index contributed by atoms with van der Waals surface area (Å²) in [4.78, 5) is 10.4. The van der Waals surface area contributed by atoms with Crippen molar-refractivity contribution in [1.29, 1.82) is 10.5 Å². The minimum absolute atomic E-state index is 0.0401. The molecule has 1 aromatic rings. The SMILES string of the molecule is N#CC(C#N)=Cc1cc(Cl)c(OCC(=O)O)c(Cl)c1. The van der Waals surface area contributed by atoms with Crippen molar-refractivity contribution in [2.75, 3.05) is 6.61 Å². The van der Waals surface area contributed by atoms with Crippen LogP contribution < -0.4 is 4.74 Å². The molecule has 96 valence electrons. The molecule has 0 aliphatic rings. The number of halogens is 2. The lowest BCUT2D eigenvalue weighted by Gasteiger charge is -2.08. The molecule has 7 heteroatoms. The fourth-order valence-electron chi connectivity index (χ4n) is 1.19. The van der Waals surface area contributed by atoms with Gasteiger partial charge in [-0.25, -0.2) is 4.79 Å². The van der Waals surface area contributed by atoms with E-state index in [-0.39, 0.29) is 21.4 Å². The summed E-state index contributed by atoms with van der Waals surface area (Å²) < 4.78 is 4.93. The molecule has 0 aliphatic carbocycles. The van der Waals surface area contributed by atoms with Crippen molar-refractivity contribution < 1.29 is 14.6 Å². The van der Waals surface area contributed by atoms with E-state index in [0.29, 0.717) is 5.56 Å². The fourth-order valence-corrected chi connectivity index (χ4v) is 1.80. The van der Waals surface area contributed by atoms with E-state index in [1.54, 1.807) is 12.1 Å². The highest BCUT2D eigenvalue weighted by Gasteiger charge is 2.11. The summed E-state index contributed by atoms with van der Waals surface area (Å²) in [6, 6.07) is 6.23. The van der Waals surface area contributed by atoms with Crippen LogP contribution in [0.15, 0.2) is 17.7 Å². The molecule has 0 aliphatic heterocycles. The van der Waals surface area contributed by atoms with Crippen LogP contribution in [0.3, 0.4) is 0 Å². The van der Waals surface area contributed by atoms with Gasteiger partial charge in [0.05, 0.1) is 10.0 Å². The summed E-state index contributed by atoms with van der Waals surface area (Å²) in [6.07, 6.45) is 1.30. The number of hydrogen-bond acceptors (Lipinski definition) is 4. The van der Waals surface area contributed by atoms with Gasteiger partial charge < -0.3 is 9.84 Å². The van der Waals surface area contributed by atoms with E-state index in [0.717, 1.165) is 0 Å². The molecule has 0 radical (unpaired) electrons. The molecule has 0 bridgehead atoms. The summed E-state index contributed by atoms with van der Waals surface area (Å²) in [7, 11) is 0. The van der Waals surface area contributed by atoms with Crippen LogP contribution in [0.5, 0.6) is 5.75 Å². The number of nitriles is 2. The second-order valence-electron chi connectivity index (χ2n) is 3.28. The number of carboxylic acids is 1. The Bertz CT molecular complexity index is 588. The van der Waals surface area contributed by atoms with Gasteiger partial charge in [-0.1, -0.05) is 23.2 Å². The second kappa shape index (κ2) is 6.65. The lowest BCUT2D eigenvalue weighted by atomic mass is 10.1. The summed E-state index contributed by atoms with van der Waals surface area (Å²) >= 11 is 11.8. The van der Waals surface area contributed by atoms with Gasteiger partial charge in [-0.05, 0) is 23.8 Å². The number of carbonyl (C=O) groups is 1. The van der Waals surface area contributed by atoms with Crippen LogP contribution in [0, 0.1) is 22.7 Å². The molecular formula is C12H6Cl2N2O3. The van der Waals surface area contributed by atoms with Gasteiger partial charge in [0.25, 0.3) is 0 Å². The Morgan fingerprint density at radius 3 is 2.26 bits per heavy atom. The quantitative estimate of drug-likeness (QED) is 0.862. The van der Waals surface area contributed by atoms with Crippen LogP contribution in [0.1, 0.15) is 5.56 Å². The van der Waals surface area contributed by atoms with Gasteiger partial charge in [0.2, 0.25) is 0 Å². The molecule has 0 saturated carbocycles. The third kappa shape index (κ3) is 4.18. The first-order valence-electron chi connectivity index (χ1n) is 4.83. The molecule has 0 saturated heterocycles. The molecule has 0 heterocycles. The van der Waals surface area contributed by atoms with Crippen molar-refractivity contribution in [2.45, 2.75) is 0 Å². The van der Waals surface area contributed by atoms with E-state index in [1.807, 2.05) is 0 Å².